The maximum atomic E-state index is 4.62. The fraction of sp³-hybridized carbons (Fsp3) is 0. The summed E-state index contributed by atoms with van der Waals surface area (Å²) in [6.07, 6.45) is 0. The summed E-state index contributed by atoms with van der Waals surface area (Å²) in [5, 5.41) is 0. The molecule has 5 heavy (non-hydrogen) atoms. The topological polar surface area (TPSA) is 0 Å². The van der Waals surface area contributed by atoms with Crippen LogP contribution in [0.15, 0.2) is 0 Å². The molecule has 0 saturated carbocycles. The zero-order chi connectivity index (χ0) is 2.71. The first kappa shape index (κ1) is 15.8. The van der Waals surface area contributed by atoms with Crippen molar-refractivity contribution in [2.45, 2.75) is 0 Å². The number of hydrogen-bond acceptors (Lipinski definition) is 1. The molecular formula is Hg2STeZn. The van der Waals surface area contributed by atoms with Gasteiger partial charge in [0.25, 0.3) is 0 Å². The monoisotopic (exact) mass is 630 g/mol. The minimum atomic E-state index is -0.490. The Labute approximate surface area is 87.6 Å². The summed E-state index contributed by atoms with van der Waals surface area (Å²) >= 11 is 1.62. The van der Waals surface area contributed by atoms with E-state index in [-0.39, 0.29) is 47.1 Å². The second-order valence-corrected chi connectivity index (χ2v) is 20.8. The summed E-state index contributed by atoms with van der Waals surface area (Å²) in [6, 6.07) is 0. The molecule has 0 spiro atoms. The fourth-order valence-electron chi connectivity index (χ4n) is 0. The van der Waals surface area contributed by atoms with E-state index in [0.717, 1.165) is 0 Å². The van der Waals surface area contributed by atoms with Gasteiger partial charge in [0, 0.05) is 47.1 Å². The summed E-state index contributed by atoms with van der Waals surface area (Å²) in [4.78, 5) is 0. The van der Waals surface area contributed by atoms with E-state index >= 15 is 0 Å². The van der Waals surface area contributed by atoms with Gasteiger partial charge in [0.2, 0.25) is 0 Å². The molecule has 0 aromatic heterocycles. The van der Waals surface area contributed by atoms with Crippen molar-refractivity contribution in [2.24, 2.45) is 0 Å². The van der Waals surface area contributed by atoms with E-state index in [1.807, 2.05) is 0 Å². The van der Waals surface area contributed by atoms with Crippen LogP contribution in [-0.2, 0) is 64.7 Å². The molecular weight excluding hydrogens is 626 g/mol. The predicted octanol–water partition coefficient (Wildman–Crippen LogP) is 0.260. The predicted molar refractivity (Wildman–Crippen MR) is 13.3 cm³/mol. The van der Waals surface area contributed by atoms with Crippen molar-refractivity contribution in [2.75, 3.05) is 0 Å². The van der Waals surface area contributed by atoms with Gasteiger partial charge in [0.15, 0.2) is 0 Å². The van der Waals surface area contributed by atoms with E-state index < -0.39 is 17.6 Å². The summed E-state index contributed by atoms with van der Waals surface area (Å²) < 4.78 is 0. The summed E-state index contributed by atoms with van der Waals surface area (Å²) in [7, 11) is 4.62. The van der Waals surface area contributed by atoms with Gasteiger partial charge < -0.3 is 0 Å². The second kappa shape index (κ2) is 15.6. The molecule has 0 aromatic carbocycles. The number of rotatable bonds is 0. The first-order chi connectivity index (χ1) is 1.41. The van der Waals surface area contributed by atoms with Crippen LogP contribution in [0.25, 0.3) is 0 Å². The van der Waals surface area contributed by atoms with Crippen molar-refractivity contribution < 1.29 is 64.7 Å². The van der Waals surface area contributed by atoms with Gasteiger partial charge in [-0.15, -0.1) is 0 Å². The van der Waals surface area contributed by atoms with E-state index in [1.165, 1.54) is 0 Å². The quantitative estimate of drug-likeness (QED) is 0.348. The average molecular weight is 626 g/mol. The zero-order valence-electron chi connectivity index (χ0n) is 2.94. The van der Waals surface area contributed by atoms with E-state index in [4.69, 9.17) is 0 Å². The Hall–Kier alpha value is 3.50. The first-order valence-corrected chi connectivity index (χ1v) is 24.6. The van der Waals surface area contributed by atoms with Crippen molar-refractivity contribution in [1.82, 2.24) is 0 Å². The average Bonchev–Trinajstić information content (AvgIpc) is 0.918. The molecule has 0 unspecified atom stereocenters. The third kappa shape index (κ3) is 18.5. The Balaban J connectivity index is -0.0000000200. The van der Waals surface area contributed by atoms with Gasteiger partial charge in [-0.25, -0.2) is 0 Å². The van der Waals surface area contributed by atoms with Crippen LogP contribution in [0.2, 0.25) is 0 Å². The van der Waals surface area contributed by atoms with Crippen LogP contribution in [0.4, 0.5) is 0 Å². The van der Waals surface area contributed by atoms with E-state index in [0.29, 0.717) is 0 Å². The molecule has 0 rings (SSSR count). The Morgan fingerprint density at radius 3 is 1.60 bits per heavy atom. The summed E-state index contributed by atoms with van der Waals surface area (Å²) in [5.41, 5.74) is 0. The van der Waals surface area contributed by atoms with Gasteiger partial charge >= 0.3 is 42.9 Å². The second-order valence-electron chi connectivity index (χ2n) is 0.118. The van der Waals surface area contributed by atoms with Gasteiger partial charge in [0.05, 0.1) is 0 Å². The molecule has 0 atom stereocenters. The minimum Gasteiger partial charge on any atom is 0 e. The molecule has 0 radical (unpaired) electrons. The number of hydrogen-bond donors (Lipinski definition) is 0. The molecule has 0 aliphatic heterocycles. The maximum Gasteiger partial charge on any atom is 0 e. The van der Waals surface area contributed by atoms with Crippen molar-refractivity contribution in [1.29, 1.82) is 0 Å². The molecule has 18 valence electrons. The SMILES string of the molecule is [Hg].[S]=[Hg]=[Te].[Zn]. The van der Waals surface area contributed by atoms with Crippen LogP contribution in [0.5, 0.6) is 0 Å². The minimum absolute atomic E-state index is 0. The Kier molecular flexibility index (Phi) is 49.5. The van der Waals surface area contributed by atoms with Crippen LogP contribution in [0.3, 0.4) is 0 Å². The third-order valence-corrected chi connectivity index (χ3v) is 0. The summed E-state index contributed by atoms with van der Waals surface area (Å²) in [5.74, 6) is 0. The largest absolute Gasteiger partial charge is 0 e. The van der Waals surface area contributed by atoms with Crippen LogP contribution < -0.4 is 0 Å². The van der Waals surface area contributed by atoms with Crippen LogP contribution in [-0.4, -0.2) is 16.8 Å². The normalized spacial score (nSPS) is 4.00. The van der Waals surface area contributed by atoms with Gasteiger partial charge in [-0.3, -0.25) is 0 Å². The molecule has 0 amide bonds. The van der Waals surface area contributed by atoms with Crippen molar-refractivity contribution >= 4 is 25.3 Å². The van der Waals surface area contributed by atoms with Crippen molar-refractivity contribution in [3.05, 3.63) is 0 Å². The molecule has 0 nitrogen and oxygen atoms in total. The van der Waals surface area contributed by atoms with E-state index in [9.17, 15) is 0 Å². The molecule has 0 aliphatic carbocycles. The first-order valence-electron chi connectivity index (χ1n) is 0.577. The molecule has 0 heterocycles. The maximum absolute atomic E-state index is 4.62. The van der Waals surface area contributed by atoms with Crippen molar-refractivity contribution in [3.8, 4) is 0 Å². The Morgan fingerprint density at radius 2 is 1.60 bits per heavy atom. The molecule has 0 N–H and O–H groups in total. The Morgan fingerprint density at radius 1 is 1.60 bits per heavy atom. The van der Waals surface area contributed by atoms with Crippen molar-refractivity contribution in [3.63, 3.8) is 0 Å². The molecule has 0 saturated heterocycles. The molecule has 0 aliphatic rings. The smallest absolute Gasteiger partial charge is 0 e. The molecule has 0 aromatic rings. The van der Waals surface area contributed by atoms with E-state index in [1.54, 1.807) is 0 Å². The van der Waals surface area contributed by atoms with Crippen LogP contribution in [0.1, 0.15) is 0 Å². The van der Waals surface area contributed by atoms with Crippen LogP contribution in [0, 0.1) is 0 Å². The molecule has 0 fully saturated rings. The molecule has 0 bridgehead atoms. The fourth-order valence-corrected chi connectivity index (χ4v) is 0. The van der Waals surface area contributed by atoms with Crippen LogP contribution >= 0.6 is 8.58 Å². The van der Waals surface area contributed by atoms with E-state index in [2.05, 4.69) is 25.3 Å². The standard InChI is InChI=1S/2Hg.S.Te.Zn. The van der Waals surface area contributed by atoms with Gasteiger partial charge in [-0.2, -0.15) is 0 Å². The third-order valence-electron chi connectivity index (χ3n) is 0. The Bertz CT molecular complexity index is 30.6. The molecule has 5 heteroatoms. The summed E-state index contributed by atoms with van der Waals surface area (Å²) in [6.45, 7) is 0. The van der Waals surface area contributed by atoms with Gasteiger partial charge in [-0.1, -0.05) is 0 Å². The van der Waals surface area contributed by atoms with Gasteiger partial charge in [0.1, 0.15) is 0 Å². The zero-order valence-corrected chi connectivity index (χ0v) is 20.0. The van der Waals surface area contributed by atoms with Gasteiger partial charge in [-0.05, 0) is 0 Å².